The van der Waals surface area contributed by atoms with Crippen LogP contribution in [0.15, 0.2) is 24.3 Å². The van der Waals surface area contributed by atoms with Gasteiger partial charge < -0.3 is 5.73 Å². The van der Waals surface area contributed by atoms with Crippen molar-refractivity contribution in [3.63, 3.8) is 0 Å². The first-order valence-electron chi connectivity index (χ1n) is 4.36. The predicted molar refractivity (Wildman–Crippen MR) is 56.2 cm³/mol. The predicted octanol–water partition coefficient (Wildman–Crippen LogP) is 2.27. The number of amidine groups is 1. The number of benzene rings is 1. The maximum Gasteiger partial charge on any atom is 0.122 e. The van der Waals surface area contributed by atoms with Crippen molar-refractivity contribution in [2.45, 2.75) is 26.2 Å². The molecule has 3 N–H and O–H groups in total. The molecule has 2 nitrogen and oxygen atoms in total. The number of hydrogen-bond acceptors (Lipinski definition) is 1. The van der Waals surface area contributed by atoms with Gasteiger partial charge in [-0.3, -0.25) is 5.41 Å². The lowest BCUT2D eigenvalue weighted by atomic mass is 9.86. The molecule has 0 fully saturated rings. The van der Waals surface area contributed by atoms with E-state index in [4.69, 9.17) is 11.1 Å². The molecule has 0 aromatic heterocycles. The molecule has 0 spiro atoms. The second kappa shape index (κ2) is 3.21. The van der Waals surface area contributed by atoms with Crippen molar-refractivity contribution in [2.75, 3.05) is 0 Å². The molecule has 1 aromatic carbocycles. The van der Waals surface area contributed by atoms with E-state index < -0.39 is 0 Å². The number of nitrogen functional groups attached to an aromatic ring is 1. The van der Waals surface area contributed by atoms with E-state index in [1.54, 1.807) is 0 Å². The van der Waals surface area contributed by atoms with Crippen LogP contribution in [-0.4, -0.2) is 5.84 Å². The number of nitrogens with two attached hydrogens (primary N) is 1. The van der Waals surface area contributed by atoms with Crippen LogP contribution in [-0.2, 0) is 5.41 Å². The average Bonchev–Trinajstić information content (AvgIpc) is 2.03. The van der Waals surface area contributed by atoms with Gasteiger partial charge in [0.1, 0.15) is 5.84 Å². The van der Waals surface area contributed by atoms with Gasteiger partial charge in [-0.15, -0.1) is 0 Å². The Balaban J connectivity index is 3.13. The van der Waals surface area contributed by atoms with E-state index in [0.717, 1.165) is 5.56 Å². The highest BCUT2D eigenvalue weighted by Crippen LogP contribution is 2.22. The number of nitrogens with one attached hydrogen (secondary N) is 1. The molecule has 0 atom stereocenters. The van der Waals surface area contributed by atoms with E-state index in [1.165, 1.54) is 5.56 Å². The summed E-state index contributed by atoms with van der Waals surface area (Å²) in [5, 5.41) is 7.31. The van der Waals surface area contributed by atoms with Gasteiger partial charge in [-0.1, -0.05) is 39.0 Å². The maximum atomic E-state index is 7.31. The number of hydrogen-bond donors (Lipinski definition) is 2. The topological polar surface area (TPSA) is 49.9 Å². The van der Waals surface area contributed by atoms with Crippen LogP contribution in [0.4, 0.5) is 0 Å². The molecule has 1 rings (SSSR count). The average molecular weight is 176 g/mol. The highest BCUT2D eigenvalue weighted by Gasteiger charge is 2.13. The summed E-state index contributed by atoms with van der Waals surface area (Å²) in [6, 6.07) is 7.84. The minimum atomic E-state index is 0.117. The van der Waals surface area contributed by atoms with Crippen LogP contribution in [0.5, 0.6) is 0 Å². The zero-order chi connectivity index (χ0) is 10.1. The molecular weight excluding hydrogens is 160 g/mol. The van der Waals surface area contributed by atoms with Gasteiger partial charge in [0.2, 0.25) is 0 Å². The molecule has 13 heavy (non-hydrogen) atoms. The highest BCUT2D eigenvalue weighted by molar-refractivity contribution is 5.95. The molecule has 0 aliphatic heterocycles. The lowest BCUT2D eigenvalue weighted by Crippen LogP contribution is -2.15. The maximum absolute atomic E-state index is 7.31. The summed E-state index contributed by atoms with van der Waals surface area (Å²) in [7, 11) is 0. The van der Waals surface area contributed by atoms with E-state index in [1.807, 2.05) is 18.2 Å². The van der Waals surface area contributed by atoms with Crippen LogP contribution in [0.1, 0.15) is 31.9 Å². The largest absolute Gasteiger partial charge is 0.384 e. The lowest BCUT2D eigenvalue weighted by molar-refractivity contribution is 0.590. The zero-order valence-corrected chi connectivity index (χ0v) is 8.39. The highest BCUT2D eigenvalue weighted by atomic mass is 14.7. The molecule has 0 amide bonds. The fourth-order valence-corrected chi connectivity index (χ4v) is 1.15. The van der Waals surface area contributed by atoms with E-state index in [2.05, 4.69) is 26.8 Å². The third kappa shape index (κ3) is 2.31. The molecule has 0 unspecified atom stereocenters. The van der Waals surface area contributed by atoms with Crippen LogP contribution in [0.25, 0.3) is 0 Å². The molecule has 0 radical (unpaired) electrons. The second-order valence-corrected chi connectivity index (χ2v) is 4.24. The van der Waals surface area contributed by atoms with Gasteiger partial charge in [0.15, 0.2) is 0 Å². The van der Waals surface area contributed by atoms with Crippen molar-refractivity contribution < 1.29 is 0 Å². The van der Waals surface area contributed by atoms with Crippen molar-refractivity contribution in [3.05, 3.63) is 35.4 Å². The van der Waals surface area contributed by atoms with E-state index >= 15 is 0 Å². The molecule has 0 bridgehead atoms. The Hall–Kier alpha value is -1.31. The lowest BCUT2D eigenvalue weighted by Gasteiger charge is -2.19. The van der Waals surface area contributed by atoms with Crippen molar-refractivity contribution in [1.82, 2.24) is 0 Å². The van der Waals surface area contributed by atoms with Gasteiger partial charge >= 0.3 is 0 Å². The first-order valence-corrected chi connectivity index (χ1v) is 4.36. The SMILES string of the molecule is CC(C)(C)c1cccc(C(=N)N)c1. The molecule has 0 heterocycles. The Kier molecular flexibility index (Phi) is 2.41. The van der Waals surface area contributed by atoms with Gasteiger partial charge in [-0.05, 0) is 17.0 Å². The Labute approximate surface area is 79.3 Å². The Morgan fingerprint density at radius 1 is 1.31 bits per heavy atom. The van der Waals surface area contributed by atoms with Gasteiger partial charge in [-0.25, -0.2) is 0 Å². The summed E-state index contributed by atoms with van der Waals surface area (Å²) in [6.45, 7) is 6.44. The first-order chi connectivity index (χ1) is 5.91. The van der Waals surface area contributed by atoms with Crippen molar-refractivity contribution in [2.24, 2.45) is 5.73 Å². The monoisotopic (exact) mass is 176 g/mol. The Morgan fingerprint density at radius 2 is 1.92 bits per heavy atom. The minimum Gasteiger partial charge on any atom is -0.384 e. The zero-order valence-electron chi connectivity index (χ0n) is 8.39. The van der Waals surface area contributed by atoms with Gasteiger partial charge in [0, 0.05) is 5.56 Å². The van der Waals surface area contributed by atoms with Crippen LogP contribution in [0, 0.1) is 5.41 Å². The van der Waals surface area contributed by atoms with Crippen molar-refractivity contribution in [3.8, 4) is 0 Å². The number of rotatable bonds is 1. The Bertz CT molecular complexity index is 321. The van der Waals surface area contributed by atoms with Gasteiger partial charge in [0.05, 0.1) is 0 Å². The van der Waals surface area contributed by atoms with Crippen LogP contribution >= 0.6 is 0 Å². The van der Waals surface area contributed by atoms with Gasteiger partial charge in [-0.2, -0.15) is 0 Å². The summed E-state index contributed by atoms with van der Waals surface area (Å²) in [4.78, 5) is 0. The third-order valence-electron chi connectivity index (χ3n) is 2.04. The van der Waals surface area contributed by atoms with E-state index in [9.17, 15) is 0 Å². The summed E-state index contributed by atoms with van der Waals surface area (Å²) in [5.74, 6) is 0.131. The molecule has 2 heteroatoms. The summed E-state index contributed by atoms with van der Waals surface area (Å²) in [6.07, 6.45) is 0. The standard InChI is InChI=1S/C11H16N2/c1-11(2,3)9-6-4-5-8(7-9)10(12)13/h4-7H,1-3H3,(H3,12,13). The van der Waals surface area contributed by atoms with Crippen molar-refractivity contribution >= 4 is 5.84 Å². The first kappa shape index (κ1) is 9.78. The third-order valence-corrected chi connectivity index (χ3v) is 2.04. The minimum absolute atomic E-state index is 0.117. The van der Waals surface area contributed by atoms with Crippen molar-refractivity contribution in [1.29, 1.82) is 5.41 Å². The van der Waals surface area contributed by atoms with E-state index in [0.29, 0.717) is 0 Å². The fraction of sp³-hybridized carbons (Fsp3) is 0.364. The van der Waals surface area contributed by atoms with Crippen LogP contribution in [0.3, 0.4) is 0 Å². The van der Waals surface area contributed by atoms with Crippen LogP contribution in [0.2, 0.25) is 0 Å². The summed E-state index contributed by atoms with van der Waals surface area (Å²) >= 11 is 0. The summed E-state index contributed by atoms with van der Waals surface area (Å²) in [5.41, 5.74) is 7.53. The Morgan fingerprint density at radius 3 is 2.38 bits per heavy atom. The second-order valence-electron chi connectivity index (χ2n) is 4.24. The molecule has 70 valence electrons. The molecular formula is C11H16N2. The molecule has 0 aliphatic rings. The summed E-state index contributed by atoms with van der Waals surface area (Å²) < 4.78 is 0. The molecule has 0 saturated carbocycles. The van der Waals surface area contributed by atoms with E-state index in [-0.39, 0.29) is 11.3 Å². The molecule has 0 saturated heterocycles. The fourth-order valence-electron chi connectivity index (χ4n) is 1.15. The smallest absolute Gasteiger partial charge is 0.122 e. The van der Waals surface area contributed by atoms with Gasteiger partial charge in [0.25, 0.3) is 0 Å². The van der Waals surface area contributed by atoms with Crippen LogP contribution < -0.4 is 5.73 Å². The molecule has 1 aromatic rings. The normalized spacial score (nSPS) is 11.3. The quantitative estimate of drug-likeness (QED) is 0.500. The molecule has 0 aliphatic carbocycles.